The van der Waals surface area contributed by atoms with Crippen molar-refractivity contribution in [2.24, 2.45) is 0 Å². The van der Waals surface area contributed by atoms with Crippen molar-refractivity contribution in [2.75, 3.05) is 12.4 Å². The zero-order chi connectivity index (χ0) is 14.4. The minimum absolute atomic E-state index is 0.254. The van der Waals surface area contributed by atoms with Crippen LogP contribution < -0.4 is 10.1 Å². The molecule has 0 fully saturated rings. The molecule has 1 aromatic carbocycles. The Bertz CT molecular complexity index is 607. The van der Waals surface area contributed by atoms with Gasteiger partial charge in [-0.2, -0.15) is 0 Å². The first kappa shape index (κ1) is 14.1. The van der Waals surface area contributed by atoms with E-state index in [9.17, 15) is 4.79 Å². The molecule has 1 N–H and O–H groups in total. The number of nitrogens with one attached hydrogen (secondary N) is 1. The molecule has 5 heteroatoms. The van der Waals surface area contributed by atoms with Gasteiger partial charge in [-0.25, -0.2) is 4.98 Å². The fourth-order valence-corrected chi connectivity index (χ4v) is 1.62. The zero-order valence-electron chi connectivity index (χ0n) is 10.8. The number of ether oxygens (including phenoxy) is 1. The summed E-state index contributed by atoms with van der Waals surface area (Å²) in [5.41, 5.74) is 0.907. The molecule has 1 aromatic heterocycles. The number of halogens is 1. The van der Waals surface area contributed by atoms with E-state index in [0.29, 0.717) is 10.8 Å². The smallest absolute Gasteiger partial charge is 0.249 e. The second kappa shape index (κ2) is 6.73. The molecule has 0 saturated heterocycles. The van der Waals surface area contributed by atoms with Crippen LogP contribution in [-0.4, -0.2) is 18.0 Å². The van der Waals surface area contributed by atoms with Crippen LogP contribution in [-0.2, 0) is 4.79 Å². The summed E-state index contributed by atoms with van der Waals surface area (Å²) in [4.78, 5) is 15.7. The fraction of sp³-hybridized carbons (Fsp3) is 0.0667. The maximum atomic E-state index is 11.7. The molecule has 1 amide bonds. The highest BCUT2D eigenvalue weighted by Gasteiger charge is 1.99. The molecule has 0 bridgehead atoms. The number of carbonyl (C=O) groups is 1. The Labute approximate surface area is 122 Å². The molecular weight excluding hydrogens is 276 g/mol. The van der Waals surface area contributed by atoms with Crippen LogP contribution in [0.2, 0.25) is 5.02 Å². The Morgan fingerprint density at radius 1 is 1.25 bits per heavy atom. The van der Waals surface area contributed by atoms with Crippen molar-refractivity contribution in [3.05, 3.63) is 59.3 Å². The number of anilines is 1. The summed E-state index contributed by atoms with van der Waals surface area (Å²) >= 11 is 5.71. The molecule has 1 heterocycles. The number of hydrogen-bond donors (Lipinski definition) is 1. The molecule has 0 aliphatic carbocycles. The van der Waals surface area contributed by atoms with Gasteiger partial charge in [0.25, 0.3) is 0 Å². The van der Waals surface area contributed by atoms with Gasteiger partial charge in [0.1, 0.15) is 11.6 Å². The number of amides is 1. The van der Waals surface area contributed by atoms with E-state index >= 15 is 0 Å². The molecule has 2 rings (SSSR count). The van der Waals surface area contributed by atoms with Gasteiger partial charge in [-0.05, 0) is 35.9 Å². The Balaban J connectivity index is 1.96. The van der Waals surface area contributed by atoms with Gasteiger partial charge in [-0.15, -0.1) is 0 Å². The molecule has 0 aliphatic heterocycles. The predicted octanol–water partition coefficient (Wildman–Crippen LogP) is 3.40. The molecule has 4 nitrogen and oxygen atoms in total. The third kappa shape index (κ3) is 4.10. The highest BCUT2D eigenvalue weighted by molar-refractivity contribution is 6.30. The van der Waals surface area contributed by atoms with E-state index in [1.807, 2.05) is 24.3 Å². The summed E-state index contributed by atoms with van der Waals surface area (Å²) in [7, 11) is 1.61. The molecular formula is C15H13ClN2O2. The summed E-state index contributed by atoms with van der Waals surface area (Å²) in [5, 5.41) is 3.17. The highest BCUT2D eigenvalue weighted by atomic mass is 35.5. The lowest BCUT2D eigenvalue weighted by Gasteiger charge is -2.01. The number of benzene rings is 1. The molecule has 0 atom stereocenters. The van der Waals surface area contributed by atoms with Crippen LogP contribution >= 0.6 is 11.6 Å². The van der Waals surface area contributed by atoms with Crippen molar-refractivity contribution in [1.82, 2.24) is 4.98 Å². The van der Waals surface area contributed by atoms with E-state index in [1.165, 1.54) is 12.3 Å². The van der Waals surface area contributed by atoms with E-state index in [2.05, 4.69) is 10.3 Å². The van der Waals surface area contributed by atoms with Crippen molar-refractivity contribution in [2.45, 2.75) is 0 Å². The minimum atomic E-state index is -0.254. The summed E-state index contributed by atoms with van der Waals surface area (Å²) in [5.74, 6) is 0.978. The fourth-order valence-electron chi connectivity index (χ4n) is 1.50. The Morgan fingerprint density at radius 3 is 2.60 bits per heavy atom. The number of pyridine rings is 1. The average Bonchev–Trinajstić information content (AvgIpc) is 2.48. The van der Waals surface area contributed by atoms with Crippen LogP contribution in [0, 0.1) is 0 Å². The van der Waals surface area contributed by atoms with Gasteiger partial charge in [-0.3, -0.25) is 4.79 Å². The van der Waals surface area contributed by atoms with Gasteiger partial charge >= 0.3 is 0 Å². The third-order valence-corrected chi connectivity index (χ3v) is 2.75. The van der Waals surface area contributed by atoms with Crippen molar-refractivity contribution in [3.63, 3.8) is 0 Å². The Hall–Kier alpha value is -2.33. The number of methoxy groups -OCH3 is 1. The molecule has 2 aromatic rings. The maximum Gasteiger partial charge on any atom is 0.249 e. The van der Waals surface area contributed by atoms with E-state index in [0.717, 1.165) is 11.3 Å². The summed E-state index contributed by atoms with van der Waals surface area (Å²) in [6, 6.07) is 10.7. The van der Waals surface area contributed by atoms with E-state index in [-0.39, 0.29) is 5.91 Å². The second-order valence-electron chi connectivity index (χ2n) is 3.96. The van der Waals surface area contributed by atoms with Crippen LogP contribution in [0.1, 0.15) is 5.56 Å². The molecule has 0 unspecified atom stereocenters. The monoisotopic (exact) mass is 288 g/mol. The van der Waals surface area contributed by atoms with Crippen LogP contribution in [0.25, 0.3) is 6.08 Å². The summed E-state index contributed by atoms with van der Waals surface area (Å²) in [6.07, 6.45) is 4.63. The van der Waals surface area contributed by atoms with Gasteiger partial charge in [0.15, 0.2) is 0 Å². The van der Waals surface area contributed by atoms with Crippen LogP contribution in [0.5, 0.6) is 5.75 Å². The number of aromatic nitrogens is 1. The maximum absolute atomic E-state index is 11.7. The van der Waals surface area contributed by atoms with Crippen LogP contribution in [0.3, 0.4) is 0 Å². The SMILES string of the molecule is COc1ccc(C=CC(=O)Nc2ccc(Cl)cn2)cc1. The predicted molar refractivity (Wildman–Crippen MR) is 79.9 cm³/mol. The highest BCUT2D eigenvalue weighted by Crippen LogP contribution is 2.13. The first-order valence-corrected chi connectivity index (χ1v) is 6.30. The quantitative estimate of drug-likeness (QED) is 0.877. The minimum Gasteiger partial charge on any atom is -0.497 e. The normalized spacial score (nSPS) is 10.5. The Kier molecular flexibility index (Phi) is 4.74. The van der Waals surface area contributed by atoms with E-state index < -0.39 is 0 Å². The average molecular weight is 289 g/mol. The van der Waals surface area contributed by atoms with Gasteiger partial charge in [0.2, 0.25) is 5.91 Å². The second-order valence-corrected chi connectivity index (χ2v) is 4.39. The van der Waals surface area contributed by atoms with Gasteiger partial charge in [-0.1, -0.05) is 23.7 Å². The largest absolute Gasteiger partial charge is 0.497 e. The van der Waals surface area contributed by atoms with E-state index in [4.69, 9.17) is 16.3 Å². The van der Waals surface area contributed by atoms with Crippen LogP contribution in [0.15, 0.2) is 48.7 Å². The molecule has 0 saturated carbocycles. The number of carbonyl (C=O) groups excluding carboxylic acids is 1. The third-order valence-electron chi connectivity index (χ3n) is 2.52. The van der Waals surface area contributed by atoms with Gasteiger partial charge < -0.3 is 10.1 Å². The van der Waals surface area contributed by atoms with Crippen LogP contribution in [0.4, 0.5) is 5.82 Å². The molecule has 0 radical (unpaired) electrons. The standard InChI is InChI=1S/C15H13ClN2O2/c1-20-13-6-2-11(3-7-13)4-9-15(19)18-14-8-5-12(16)10-17-14/h2-10H,1H3,(H,17,18,19). The first-order chi connectivity index (χ1) is 9.67. The van der Waals surface area contributed by atoms with Crippen molar-refractivity contribution < 1.29 is 9.53 Å². The van der Waals surface area contributed by atoms with Crippen molar-refractivity contribution in [3.8, 4) is 5.75 Å². The zero-order valence-corrected chi connectivity index (χ0v) is 11.6. The molecule has 0 aliphatic rings. The van der Waals surface area contributed by atoms with Gasteiger partial charge in [0.05, 0.1) is 12.1 Å². The molecule has 20 heavy (non-hydrogen) atoms. The van der Waals surface area contributed by atoms with Crippen molar-refractivity contribution >= 4 is 29.4 Å². The number of rotatable bonds is 4. The number of hydrogen-bond acceptors (Lipinski definition) is 3. The van der Waals surface area contributed by atoms with Crippen molar-refractivity contribution in [1.29, 1.82) is 0 Å². The molecule has 0 spiro atoms. The topological polar surface area (TPSA) is 51.2 Å². The lowest BCUT2D eigenvalue weighted by molar-refractivity contribution is -0.111. The van der Waals surface area contributed by atoms with E-state index in [1.54, 1.807) is 25.3 Å². The number of nitrogens with zero attached hydrogens (tertiary/aromatic N) is 1. The lowest BCUT2D eigenvalue weighted by atomic mass is 10.2. The first-order valence-electron chi connectivity index (χ1n) is 5.92. The Morgan fingerprint density at radius 2 is 2.00 bits per heavy atom. The summed E-state index contributed by atoms with van der Waals surface area (Å²) in [6.45, 7) is 0. The summed E-state index contributed by atoms with van der Waals surface area (Å²) < 4.78 is 5.06. The van der Waals surface area contributed by atoms with Gasteiger partial charge in [0, 0.05) is 12.3 Å². The molecule has 102 valence electrons. The lowest BCUT2D eigenvalue weighted by Crippen LogP contribution is -2.08.